The Labute approximate surface area is 120 Å². The maximum atomic E-state index is 12.1. The van der Waals surface area contributed by atoms with Gasteiger partial charge in [0, 0.05) is 18.7 Å². The van der Waals surface area contributed by atoms with Gasteiger partial charge in [-0.25, -0.2) is 13.1 Å². The van der Waals surface area contributed by atoms with Crippen molar-refractivity contribution in [2.24, 2.45) is 0 Å². The highest BCUT2D eigenvalue weighted by atomic mass is 32.2. The molecule has 5 nitrogen and oxygen atoms in total. The predicted octanol–water partition coefficient (Wildman–Crippen LogP) is 1.82. The number of aryl methyl sites for hydroxylation is 1. The molecule has 20 heavy (non-hydrogen) atoms. The van der Waals surface area contributed by atoms with Crippen LogP contribution in [0.25, 0.3) is 0 Å². The summed E-state index contributed by atoms with van der Waals surface area (Å²) < 4.78 is 26.8. The molecule has 0 radical (unpaired) electrons. The second-order valence-electron chi connectivity index (χ2n) is 4.59. The molecule has 0 aliphatic carbocycles. The minimum atomic E-state index is -3.55. The molecule has 1 aromatic rings. The van der Waals surface area contributed by atoms with Crippen molar-refractivity contribution in [3.8, 4) is 0 Å². The average molecular weight is 298 g/mol. The number of carbonyl (C=O) groups excluding carboxylic acids is 1. The molecule has 0 saturated carbocycles. The summed E-state index contributed by atoms with van der Waals surface area (Å²) in [6.45, 7) is 6.51. The van der Waals surface area contributed by atoms with Crippen molar-refractivity contribution in [2.75, 3.05) is 13.1 Å². The Hall–Kier alpha value is -1.40. The summed E-state index contributed by atoms with van der Waals surface area (Å²) in [5.41, 5.74) is 1.15. The number of benzene rings is 1. The third-order valence-electron chi connectivity index (χ3n) is 2.92. The van der Waals surface area contributed by atoms with Gasteiger partial charge in [0.05, 0.1) is 4.90 Å². The van der Waals surface area contributed by atoms with Gasteiger partial charge in [-0.3, -0.25) is 4.79 Å². The van der Waals surface area contributed by atoms with Crippen molar-refractivity contribution >= 4 is 15.9 Å². The third-order valence-corrected chi connectivity index (χ3v) is 4.38. The third kappa shape index (κ3) is 4.31. The van der Waals surface area contributed by atoms with E-state index in [2.05, 4.69) is 10.0 Å². The highest BCUT2D eigenvalue weighted by molar-refractivity contribution is 7.89. The zero-order chi connectivity index (χ0) is 15.2. The first kappa shape index (κ1) is 16.7. The first-order chi connectivity index (χ1) is 9.42. The molecule has 2 N–H and O–H groups in total. The number of carbonyl (C=O) groups is 1. The van der Waals surface area contributed by atoms with Gasteiger partial charge < -0.3 is 5.32 Å². The number of unbranched alkanes of at least 4 members (excludes halogenated alkanes) is 1. The SMILES string of the molecule is CCCCNS(=O)(=O)c1ccc(C)c(C(=O)NCC)c1. The monoisotopic (exact) mass is 298 g/mol. The van der Waals surface area contributed by atoms with Crippen molar-refractivity contribution in [3.05, 3.63) is 29.3 Å². The van der Waals surface area contributed by atoms with Crippen LogP contribution in [-0.4, -0.2) is 27.4 Å². The Morgan fingerprint density at radius 1 is 1.25 bits per heavy atom. The Kier molecular flexibility index (Phi) is 6.16. The van der Waals surface area contributed by atoms with Gasteiger partial charge in [-0.05, 0) is 38.0 Å². The van der Waals surface area contributed by atoms with Crippen LogP contribution < -0.4 is 10.0 Å². The summed E-state index contributed by atoms with van der Waals surface area (Å²) >= 11 is 0. The minimum absolute atomic E-state index is 0.125. The molecule has 1 rings (SSSR count). The fourth-order valence-corrected chi connectivity index (χ4v) is 2.84. The molecule has 0 saturated heterocycles. The summed E-state index contributed by atoms with van der Waals surface area (Å²) in [4.78, 5) is 12.0. The van der Waals surface area contributed by atoms with Crippen molar-refractivity contribution in [1.29, 1.82) is 0 Å². The van der Waals surface area contributed by atoms with E-state index in [1.165, 1.54) is 12.1 Å². The van der Waals surface area contributed by atoms with Gasteiger partial charge in [-0.15, -0.1) is 0 Å². The van der Waals surface area contributed by atoms with Crippen molar-refractivity contribution in [2.45, 2.75) is 38.5 Å². The molecule has 1 aromatic carbocycles. The minimum Gasteiger partial charge on any atom is -0.352 e. The number of rotatable bonds is 7. The lowest BCUT2D eigenvalue weighted by molar-refractivity contribution is 0.0955. The van der Waals surface area contributed by atoms with Crippen LogP contribution in [0.3, 0.4) is 0 Å². The summed E-state index contributed by atoms with van der Waals surface area (Å²) in [6, 6.07) is 4.60. The Morgan fingerprint density at radius 2 is 1.95 bits per heavy atom. The zero-order valence-electron chi connectivity index (χ0n) is 12.2. The average Bonchev–Trinajstić information content (AvgIpc) is 2.39. The first-order valence-electron chi connectivity index (χ1n) is 6.81. The molecule has 0 aliphatic rings. The van der Waals surface area contributed by atoms with Gasteiger partial charge >= 0.3 is 0 Å². The second kappa shape index (κ2) is 7.40. The lowest BCUT2D eigenvalue weighted by atomic mass is 10.1. The quantitative estimate of drug-likeness (QED) is 0.754. The molecule has 0 unspecified atom stereocenters. The molecule has 0 heterocycles. The largest absolute Gasteiger partial charge is 0.352 e. The lowest BCUT2D eigenvalue weighted by Crippen LogP contribution is -2.26. The summed E-state index contributed by atoms with van der Waals surface area (Å²) in [7, 11) is -3.55. The first-order valence-corrected chi connectivity index (χ1v) is 8.29. The van der Waals surface area contributed by atoms with Crippen LogP contribution in [0, 0.1) is 6.92 Å². The topological polar surface area (TPSA) is 75.3 Å². The van der Waals surface area contributed by atoms with E-state index in [4.69, 9.17) is 0 Å². The molecular formula is C14H22N2O3S. The Balaban J connectivity index is 3.02. The molecular weight excluding hydrogens is 276 g/mol. The van der Waals surface area contributed by atoms with E-state index in [0.717, 1.165) is 18.4 Å². The number of nitrogens with one attached hydrogen (secondary N) is 2. The van der Waals surface area contributed by atoms with Gasteiger partial charge in [0.1, 0.15) is 0 Å². The van der Waals surface area contributed by atoms with Gasteiger partial charge in [-0.1, -0.05) is 19.4 Å². The molecule has 1 amide bonds. The van der Waals surface area contributed by atoms with E-state index in [1.807, 2.05) is 13.8 Å². The van der Waals surface area contributed by atoms with Gasteiger partial charge in [0.25, 0.3) is 5.91 Å². The number of amides is 1. The fraction of sp³-hybridized carbons (Fsp3) is 0.500. The van der Waals surface area contributed by atoms with Crippen LogP contribution in [-0.2, 0) is 10.0 Å². The molecule has 0 fully saturated rings. The van der Waals surface area contributed by atoms with E-state index in [0.29, 0.717) is 18.7 Å². The number of hydrogen-bond acceptors (Lipinski definition) is 3. The van der Waals surface area contributed by atoms with E-state index in [1.54, 1.807) is 13.0 Å². The van der Waals surface area contributed by atoms with Crippen LogP contribution in [0.5, 0.6) is 0 Å². The molecule has 0 atom stereocenters. The summed E-state index contributed by atoms with van der Waals surface area (Å²) in [6.07, 6.45) is 1.70. The molecule has 0 spiro atoms. The Bertz CT molecular complexity index is 568. The standard InChI is InChI=1S/C14H22N2O3S/c1-4-6-9-16-20(18,19)12-8-7-11(3)13(10-12)14(17)15-5-2/h7-8,10,16H,4-6,9H2,1-3H3,(H,15,17). The Morgan fingerprint density at radius 3 is 2.55 bits per heavy atom. The van der Waals surface area contributed by atoms with Crippen molar-refractivity contribution in [1.82, 2.24) is 10.0 Å². The summed E-state index contributed by atoms with van der Waals surface area (Å²) in [5, 5.41) is 2.68. The molecule has 0 aromatic heterocycles. The van der Waals surface area contributed by atoms with Crippen LogP contribution in [0.2, 0.25) is 0 Å². The van der Waals surface area contributed by atoms with E-state index < -0.39 is 10.0 Å². The van der Waals surface area contributed by atoms with Crippen LogP contribution in [0.1, 0.15) is 42.6 Å². The maximum absolute atomic E-state index is 12.1. The predicted molar refractivity (Wildman–Crippen MR) is 79.3 cm³/mol. The normalized spacial score (nSPS) is 11.3. The van der Waals surface area contributed by atoms with Gasteiger partial charge in [-0.2, -0.15) is 0 Å². The van der Waals surface area contributed by atoms with Crippen molar-refractivity contribution < 1.29 is 13.2 Å². The van der Waals surface area contributed by atoms with E-state index >= 15 is 0 Å². The highest BCUT2D eigenvalue weighted by Crippen LogP contribution is 2.15. The van der Waals surface area contributed by atoms with Crippen LogP contribution >= 0.6 is 0 Å². The van der Waals surface area contributed by atoms with Crippen LogP contribution in [0.15, 0.2) is 23.1 Å². The van der Waals surface area contributed by atoms with E-state index in [-0.39, 0.29) is 10.8 Å². The summed E-state index contributed by atoms with van der Waals surface area (Å²) in [5.74, 6) is -0.254. The fourth-order valence-electron chi connectivity index (χ4n) is 1.74. The van der Waals surface area contributed by atoms with Gasteiger partial charge in [0.2, 0.25) is 10.0 Å². The maximum Gasteiger partial charge on any atom is 0.251 e. The second-order valence-corrected chi connectivity index (χ2v) is 6.35. The van der Waals surface area contributed by atoms with Crippen molar-refractivity contribution in [3.63, 3.8) is 0 Å². The molecule has 112 valence electrons. The molecule has 0 bridgehead atoms. The van der Waals surface area contributed by atoms with Crippen LogP contribution in [0.4, 0.5) is 0 Å². The zero-order valence-corrected chi connectivity index (χ0v) is 13.0. The highest BCUT2D eigenvalue weighted by Gasteiger charge is 2.17. The smallest absolute Gasteiger partial charge is 0.251 e. The number of sulfonamides is 1. The molecule has 0 aliphatic heterocycles. The lowest BCUT2D eigenvalue weighted by Gasteiger charge is -2.10. The van der Waals surface area contributed by atoms with Gasteiger partial charge in [0.15, 0.2) is 0 Å². The number of hydrogen-bond donors (Lipinski definition) is 2. The van der Waals surface area contributed by atoms with E-state index in [9.17, 15) is 13.2 Å². The molecule has 6 heteroatoms.